The van der Waals surface area contributed by atoms with Gasteiger partial charge in [-0.1, -0.05) is 30.3 Å². The molecule has 0 atom stereocenters. The first-order chi connectivity index (χ1) is 16.6. The van der Waals surface area contributed by atoms with E-state index in [0.717, 1.165) is 47.6 Å². The van der Waals surface area contributed by atoms with Gasteiger partial charge in [0, 0.05) is 6.54 Å². The van der Waals surface area contributed by atoms with Crippen LogP contribution in [0.4, 0.5) is 0 Å². The van der Waals surface area contributed by atoms with Gasteiger partial charge >= 0.3 is 0 Å². The van der Waals surface area contributed by atoms with Crippen molar-refractivity contribution in [3.05, 3.63) is 95.8 Å². The highest BCUT2D eigenvalue weighted by molar-refractivity contribution is 5.75. The zero-order chi connectivity index (χ0) is 23.9. The molecule has 0 aliphatic heterocycles. The minimum absolute atomic E-state index is 0.351. The maximum Gasteiger partial charge on any atom is 0.161 e. The fraction of sp³-hybridized carbons (Fsp3) is 0.276. The van der Waals surface area contributed by atoms with Crippen LogP contribution < -0.4 is 14.2 Å². The van der Waals surface area contributed by atoms with E-state index in [4.69, 9.17) is 19.2 Å². The van der Waals surface area contributed by atoms with Crippen LogP contribution in [0.5, 0.6) is 17.2 Å². The summed E-state index contributed by atoms with van der Waals surface area (Å²) in [7, 11) is 1.66. The number of nitrogens with zero attached hydrogens (tertiary/aromatic N) is 2. The van der Waals surface area contributed by atoms with Crippen molar-refractivity contribution in [2.75, 3.05) is 13.7 Å². The molecule has 4 rings (SSSR count). The van der Waals surface area contributed by atoms with Gasteiger partial charge in [0.1, 0.15) is 18.2 Å². The molecule has 0 unspecified atom stereocenters. The number of rotatable bonds is 11. The van der Waals surface area contributed by atoms with Crippen LogP contribution in [0, 0.1) is 13.8 Å². The molecule has 0 saturated carbocycles. The third kappa shape index (κ3) is 5.42. The summed E-state index contributed by atoms with van der Waals surface area (Å²) in [6.45, 7) is 9.79. The lowest BCUT2D eigenvalue weighted by Crippen LogP contribution is -2.10. The number of aromatic nitrogens is 2. The molecule has 4 aromatic rings. The highest BCUT2D eigenvalue weighted by Crippen LogP contribution is 2.29. The van der Waals surface area contributed by atoms with E-state index < -0.39 is 0 Å². The van der Waals surface area contributed by atoms with Crippen molar-refractivity contribution in [2.45, 2.75) is 39.8 Å². The molecule has 0 bridgehead atoms. The molecule has 1 heterocycles. The highest BCUT2D eigenvalue weighted by atomic mass is 16.5. The van der Waals surface area contributed by atoms with Crippen molar-refractivity contribution in [2.24, 2.45) is 0 Å². The summed E-state index contributed by atoms with van der Waals surface area (Å²) in [6, 6.07) is 20.4. The lowest BCUT2D eigenvalue weighted by Gasteiger charge is -2.14. The third-order valence-electron chi connectivity index (χ3n) is 5.97. The Bertz CT molecular complexity index is 1280. The number of imidazole rings is 1. The first kappa shape index (κ1) is 23.4. The van der Waals surface area contributed by atoms with Gasteiger partial charge in [-0.25, -0.2) is 4.98 Å². The topological polar surface area (TPSA) is 45.5 Å². The molecular formula is C29H32N2O3. The normalized spacial score (nSPS) is 10.9. The van der Waals surface area contributed by atoms with E-state index in [1.807, 2.05) is 48.5 Å². The quantitative estimate of drug-likeness (QED) is 0.192. The Hall–Kier alpha value is -3.73. The first-order valence-corrected chi connectivity index (χ1v) is 11.6. The molecule has 1 aromatic heterocycles. The summed E-state index contributed by atoms with van der Waals surface area (Å²) in [5, 5.41) is 0. The number of hydrogen-bond donors (Lipinski definition) is 0. The molecule has 34 heavy (non-hydrogen) atoms. The van der Waals surface area contributed by atoms with Gasteiger partial charge in [-0.2, -0.15) is 0 Å². The number of hydrogen-bond acceptors (Lipinski definition) is 4. The maximum absolute atomic E-state index is 6.15. The molecule has 0 aliphatic rings. The van der Waals surface area contributed by atoms with Crippen LogP contribution in [0.25, 0.3) is 11.0 Å². The smallest absolute Gasteiger partial charge is 0.161 e. The van der Waals surface area contributed by atoms with Crippen LogP contribution in [0.15, 0.2) is 73.3 Å². The van der Waals surface area contributed by atoms with Crippen LogP contribution in [0.3, 0.4) is 0 Å². The third-order valence-corrected chi connectivity index (χ3v) is 5.97. The van der Waals surface area contributed by atoms with Gasteiger partial charge in [0.05, 0.1) is 24.8 Å². The zero-order valence-electron chi connectivity index (χ0n) is 20.2. The Kier molecular flexibility index (Phi) is 7.53. The predicted octanol–water partition coefficient (Wildman–Crippen LogP) is 6.44. The van der Waals surface area contributed by atoms with Crippen molar-refractivity contribution in [1.82, 2.24) is 9.55 Å². The van der Waals surface area contributed by atoms with Crippen LogP contribution in [-0.4, -0.2) is 23.3 Å². The number of para-hydroxylation sites is 2. The molecular weight excluding hydrogens is 424 g/mol. The van der Waals surface area contributed by atoms with Crippen molar-refractivity contribution >= 4 is 11.0 Å². The van der Waals surface area contributed by atoms with Gasteiger partial charge in [-0.05, 0) is 79.8 Å². The lowest BCUT2D eigenvalue weighted by molar-refractivity contribution is 0.267. The summed E-state index contributed by atoms with van der Waals surface area (Å²) in [5.41, 5.74) is 5.71. The summed E-state index contributed by atoms with van der Waals surface area (Å²) in [5.74, 6) is 3.20. The molecule has 0 N–H and O–H groups in total. The van der Waals surface area contributed by atoms with Gasteiger partial charge in [-0.3, -0.25) is 0 Å². The Morgan fingerprint density at radius 2 is 1.79 bits per heavy atom. The van der Waals surface area contributed by atoms with Crippen molar-refractivity contribution in [3.8, 4) is 17.2 Å². The number of fused-ring (bicyclic) bond motifs is 1. The molecule has 0 fully saturated rings. The number of aryl methyl sites for hydroxylation is 3. The SMILES string of the molecule is C=CCc1ccc(OCc2nc3ccccc3n2CCCOc2ccc(C)c(C)c2)c(OC)c1. The van der Waals surface area contributed by atoms with E-state index in [-0.39, 0.29) is 0 Å². The molecule has 0 saturated heterocycles. The number of allylic oxidation sites excluding steroid dienone is 1. The Labute approximate surface area is 201 Å². The van der Waals surface area contributed by atoms with E-state index in [9.17, 15) is 0 Å². The second kappa shape index (κ2) is 10.9. The van der Waals surface area contributed by atoms with E-state index in [1.165, 1.54) is 11.1 Å². The van der Waals surface area contributed by atoms with E-state index in [0.29, 0.717) is 24.7 Å². The molecule has 5 heteroatoms. The minimum Gasteiger partial charge on any atom is -0.494 e. The Morgan fingerprint density at radius 3 is 2.59 bits per heavy atom. The first-order valence-electron chi connectivity index (χ1n) is 11.6. The van der Waals surface area contributed by atoms with E-state index in [2.05, 4.69) is 43.2 Å². The fourth-order valence-corrected chi connectivity index (χ4v) is 3.97. The maximum atomic E-state index is 6.15. The second-order valence-corrected chi connectivity index (χ2v) is 8.38. The van der Waals surface area contributed by atoms with Crippen molar-refractivity contribution in [1.29, 1.82) is 0 Å². The van der Waals surface area contributed by atoms with Crippen LogP contribution in [0.2, 0.25) is 0 Å². The Balaban J connectivity index is 1.45. The summed E-state index contributed by atoms with van der Waals surface area (Å²) in [4.78, 5) is 4.83. The molecule has 0 amide bonds. The molecule has 0 aliphatic carbocycles. The fourth-order valence-electron chi connectivity index (χ4n) is 3.97. The van der Waals surface area contributed by atoms with E-state index in [1.54, 1.807) is 7.11 Å². The van der Waals surface area contributed by atoms with Crippen LogP contribution >= 0.6 is 0 Å². The van der Waals surface area contributed by atoms with Crippen LogP contribution in [0.1, 0.15) is 28.9 Å². The molecule has 0 radical (unpaired) electrons. The molecule has 3 aromatic carbocycles. The largest absolute Gasteiger partial charge is 0.494 e. The average Bonchev–Trinajstić information content (AvgIpc) is 3.20. The van der Waals surface area contributed by atoms with E-state index >= 15 is 0 Å². The average molecular weight is 457 g/mol. The minimum atomic E-state index is 0.351. The number of benzene rings is 3. The Morgan fingerprint density at radius 1 is 0.941 bits per heavy atom. The van der Waals surface area contributed by atoms with Gasteiger partial charge < -0.3 is 18.8 Å². The van der Waals surface area contributed by atoms with Crippen LogP contribution in [-0.2, 0) is 19.6 Å². The van der Waals surface area contributed by atoms with Gasteiger partial charge in [-0.15, -0.1) is 6.58 Å². The van der Waals surface area contributed by atoms with Gasteiger partial charge in [0.25, 0.3) is 0 Å². The number of ether oxygens (including phenoxy) is 3. The van der Waals surface area contributed by atoms with Gasteiger partial charge in [0.15, 0.2) is 11.5 Å². The lowest BCUT2D eigenvalue weighted by atomic mass is 10.1. The summed E-state index contributed by atoms with van der Waals surface area (Å²) in [6.07, 6.45) is 3.53. The summed E-state index contributed by atoms with van der Waals surface area (Å²) >= 11 is 0. The second-order valence-electron chi connectivity index (χ2n) is 8.38. The molecule has 5 nitrogen and oxygen atoms in total. The molecule has 176 valence electrons. The van der Waals surface area contributed by atoms with Gasteiger partial charge in [0.2, 0.25) is 0 Å². The standard InChI is InChI=1S/C29H32N2O3/c1-5-9-23-13-15-27(28(19-23)32-4)34-20-29-30-25-10-6-7-11-26(25)31(29)16-8-17-33-24-14-12-21(2)22(3)18-24/h5-7,10-15,18-19H,1,8-9,16-17,20H2,2-4H3. The highest BCUT2D eigenvalue weighted by Gasteiger charge is 2.13. The zero-order valence-corrected chi connectivity index (χ0v) is 20.2. The summed E-state index contributed by atoms with van der Waals surface area (Å²) < 4.78 is 19.9. The van der Waals surface area contributed by atoms with Crippen molar-refractivity contribution < 1.29 is 14.2 Å². The monoisotopic (exact) mass is 456 g/mol. The predicted molar refractivity (Wildman–Crippen MR) is 137 cm³/mol. The number of methoxy groups -OCH3 is 1. The van der Waals surface area contributed by atoms with Crippen molar-refractivity contribution in [3.63, 3.8) is 0 Å². The molecule has 0 spiro atoms.